The van der Waals surface area contributed by atoms with E-state index >= 15 is 0 Å². The monoisotopic (exact) mass is 429 g/mol. The summed E-state index contributed by atoms with van der Waals surface area (Å²) in [7, 11) is -3.93. The zero-order chi connectivity index (χ0) is 21.2. The van der Waals surface area contributed by atoms with Crippen LogP contribution >= 0.6 is 0 Å². The number of rotatable bonds is 5. The summed E-state index contributed by atoms with van der Waals surface area (Å²) in [5.74, 6) is -2.20. The lowest BCUT2D eigenvalue weighted by atomic mass is 9.85. The number of nitrogens with zero attached hydrogens (tertiary/aromatic N) is 2. The van der Waals surface area contributed by atoms with Crippen LogP contribution in [0, 0.1) is 17.6 Å². The minimum Gasteiger partial charge on any atom is -0.340 e. The van der Waals surface area contributed by atoms with Gasteiger partial charge in [-0.05, 0) is 57.7 Å². The first kappa shape index (κ1) is 22.1. The van der Waals surface area contributed by atoms with Crippen LogP contribution in [0.1, 0.15) is 39.5 Å². The van der Waals surface area contributed by atoms with Gasteiger partial charge in [0.2, 0.25) is 15.9 Å². The fraction of sp³-hybridized carbons (Fsp3) is 0.650. The number of halogens is 2. The predicted octanol–water partition coefficient (Wildman–Crippen LogP) is 2.35. The molecule has 162 valence electrons. The molecular weight excluding hydrogens is 400 g/mol. The third-order valence-corrected chi connectivity index (χ3v) is 7.47. The van der Waals surface area contributed by atoms with Crippen molar-refractivity contribution in [2.45, 2.75) is 56.5 Å². The van der Waals surface area contributed by atoms with Crippen LogP contribution in [0.4, 0.5) is 8.78 Å². The summed E-state index contributed by atoms with van der Waals surface area (Å²) in [6.45, 7) is 7.54. The predicted molar refractivity (Wildman–Crippen MR) is 106 cm³/mol. The normalized spacial score (nSPS) is 24.1. The van der Waals surface area contributed by atoms with Crippen LogP contribution in [0.5, 0.6) is 0 Å². The molecule has 3 rings (SSSR count). The summed E-state index contributed by atoms with van der Waals surface area (Å²) >= 11 is 0. The van der Waals surface area contributed by atoms with E-state index in [-0.39, 0.29) is 22.8 Å². The first-order valence-corrected chi connectivity index (χ1v) is 11.7. The Bertz CT molecular complexity index is 831. The third-order valence-electron chi connectivity index (χ3n) is 5.96. The molecule has 1 saturated carbocycles. The highest BCUT2D eigenvalue weighted by molar-refractivity contribution is 7.89. The maximum absolute atomic E-state index is 13.4. The molecule has 0 unspecified atom stereocenters. The molecule has 1 saturated heterocycles. The van der Waals surface area contributed by atoms with Gasteiger partial charge in [-0.3, -0.25) is 9.69 Å². The highest BCUT2D eigenvalue weighted by atomic mass is 32.2. The number of hydrogen-bond donors (Lipinski definition) is 1. The van der Waals surface area contributed by atoms with E-state index in [1.165, 1.54) is 0 Å². The van der Waals surface area contributed by atoms with E-state index in [1.807, 2.05) is 4.90 Å². The van der Waals surface area contributed by atoms with E-state index < -0.39 is 21.7 Å². The highest BCUT2D eigenvalue weighted by Gasteiger charge is 2.33. The lowest BCUT2D eigenvalue weighted by Gasteiger charge is -2.39. The molecule has 0 spiro atoms. The molecule has 0 atom stereocenters. The van der Waals surface area contributed by atoms with Crippen LogP contribution in [-0.2, 0) is 14.8 Å². The number of sulfonamides is 1. The first-order chi connectivity index (χ1) is 13.7. The zero-order valence-corrected chi connectivity index (χ0v) is 17.7. The molecule has 1 aromatic rings. The lowest BCUT2D eigenvalue weighted by Crippen LogP contribution is -2.52. The second-order valence-corrected chi connectivity index (χ2v) is 9.91. The van der Waals surface area contributed by atoms with Gasteiger partial charge >= 0.3 is 0 Å². The molecule has 0 aromatic heterocycles. The van der Waals surface area contributed by atoms with Gasteiger partial charge in [0.05, 0.1) is 4.90 Å². The summed E-state index contributed by atoms with van der Waals surface area (Å²) in [6, 6.07) is 2.70. The summed E-state index contributed by atoms with van der Waals surface area (Å²) in [5.41, 5.74) is 0. The van der Waals surface area contributed by atoms with Gasteiger partial charge in [-0.25, -0.2) is 21.9 Å². The SMILES string of the molecule is CC(C)N1CCN(C(=O)[C@H]2CC[C@@H](NS(=O)(=O)c3ccc(F)c(F)c3)CC2)CC1. The second-order valence-electron chi connectivity index (χ2n) is 8.20. The van der Waals surface area contributed by atoms with Gasteiger partial charge in [-0.2, -0.15) is 0 Å². The Morgan fingerprint density at radius 3 is 2.21 bits per heavy atom. The van der Waals surface area contributed by atoms with Crippen molar-refractivity contribution in [2.75, 3.05) is 26.2 Å². The first-order valence-electron chi connectivity index (χ1n) is 10.2. The average molecular weight is 430 g/mol. The smallest absolute Gasteiger partial charge is 0.240 e. The molecule has 2 fully saturated rings. The van der Waals surface area contributed by atoms with Crippen LogP contribution in [0.2, 0.25) is 0 Å². The minimum absolute atomic E-state index is 0.0791. The van der Waals surface area contributed by atoms with Crippen LogP contribution in [0.15, 0.2) is 23.1 Å². The van der Waals surface area contributed by atoms with Crippen molar-refractivity contribution in [1.29, 1.82) is 0 Å². The number of amides is 1. The largest absolute Gasteiger partial charge is 0.340 e. The average Bonchev–Trinajstić information content (AvgIpc) is 2.70. The van der Waals surface area contributed by atoms with Gasteiger partial charge in [0.25, 0.3) is 0 Å². The molecule has 9 heteroatoms. The van der Waals surface area contributed by atoms with Crippen molar-refractivity contribution in [3.63, 3.8) is 0 Å². The van der Waals surface area contributed by atoms with Crippen molar-refractivity contribution in [3.8, 4) is 0 Å². The van der Waals surface area contributed by atoms with E-state index in [1.54, 1.807) is 0 Å². The van der Waals surface area contributed by atoms with Crippen molar-refractivity contribution in [3.05, 3.63) is 29.8 Å². The van der Waals surface area contributed by atoms with E-state index in [9.17, 15) is 22.0 Å². The van der Waals surface area contributed by atoms with E-state index in [0.29, 0.717) is 37.8 Å². The second kappa shape index (κ2) is 9.06. The summed E-state index contributed by atoms with van der Waals surface area (Å²) in [6.07, 6.45) is 2.33. The van der Waals surface area contributed by atoms with Gasteiger partial charge in [0.1, 0.15) is 0 Å². The fourth-order valence-electron chi connectivity index (χ4n) is 4.11. The number of carbonyl (C=O) groups excluding carboxylic acids is 1. The summed E-state index contributed by atoms with van der Waals surface area (Å²) in [5, 5.41) is 0. The van der Waals surface area contributed by atoms with Crippen molar-refractivity contribution in [1.82, 2.24) is 14.5 Å². The van der Waals surface area contributed by atoms with Crippen LogP contribution < -0.4 is 4.72 Å². The highest BCUT2D eigenvalue weighted by Crippen LogP contribution is 2.28. The van der Waals surface area contributed by atoms with E-state index in [0.717, 1.165) is 38.3 Å². The van der Waals surface area contributed by atoms with Gasteiger partial charge in [0.15, 0.2) is 11.6 Å². The van der Waals surface area contributed by atoms with E-state index in [4.69, 9.17) is 0 Å². The summed E-state index contributed by atoms with van der Waals surface area (Å²) in [4.78, 5) is 16.8. The number of nitrogens with one attached hydrogen (secondary N) is 1. The molecule has 1 N–H and O–H groups in total. The number of carbonyl (C=O) groups is 1. The van der Waals surface area contributed by atoms with Crippen LogP contribution in [-0.4, -0.2) is 62.4 Å². The Morgan fingerprint density at radius 2 is 1.66 bits per heavy atom. The molecular formula is C20H29F2N3O3S. The quantitative estimate of drug-likeness (QED) is 0.780. The third kappa shape index (κ3) is 5.32. The molecule has 0 radical (unpaired) electrons. The van der Waals surface area contributed by atoms with Crippen molar-refractivity contribution >= 4 is 15.9 Å². The minimum atomic E-state index is -3.93. The Kier molecular flexibility index (Phi) is 6.90. The fourth-order valence-corrected chi connectivity index (χ4v) is 5.42. The molecule has 1 amide bonds. The van der Waals surface area contributed by atoms with E-state index in [2.05, 4.69) is 23.5 Å². The van der Waals surface area contributed by atoms with Crippen molar-refractivity contribution in [2.24, 2.45) is 5.92 Å². The van der Waals surface area contributed by atoms with Gasteiger partial charge in [0, 0.05) is 44.2 Å². The molecule has 0 bridgehead atoms. The zero-order valence-electron chi connectivity index (χ0n) is 16.9. The van der Waals surface area contributed by atoms with Crippen molar-refractivity contribution < 1.29 is 22.0 Å². The molecule has 6 nitrogen and oxygen atoms in total. The number of hydrogen-bond acceptors (Lipinski definition) is 4. The Hall–Kier alpha value is -1.58. The topological polar surface area (TPSA) is 69.7 Å². The Morgan fingerprint density at radius 1 is 1.03 bits per heavy atom. The maximum Gasteiger partial charge on any atom is 0.240 e. The molecule has 1 aliphatic carbocycles. The molecule has 1 aliphatic heterocycles. The van der Waals surface area contributed by atoms with Gasteiger partial charge in [-0.15, -0.1) is 0 Å². The maximum atomic E-state index is 13.4. The molecule has 1 heterocycles. The number of benzene rings is 1. The Labute approximate surface area is 171 Å². The molecule has 29 heavy (non-hydrogen) atoms. The lowest BCUT2D eigenvalue weighted by molar-refractivity contribution is -0.138. The standard InChI is InChI=1S/C20H29F2N3O3S/c1-14(2)24-9-11-25(12-10-24)20(26)15-3-5-16(6-4-15)23-29(27,28)17-7-8-18(21)19(22)13-17/h7-8,13-16,23H,3-6,9-12H2,1-2H3/t15-,16+. The van der Waals surface area contributed by atoms with Crippen LogP contribution in [0.3, 0.4) is 0 Å². The van der Waals surface area contributed by atoms with Gasteiger partial charge in [-0.1, -0.05) is 0 Å². The Balaban J connectivity index is 1.51. The molecule has 2 aliphatic rings. The summed E-state index contributed by atoms with van der Waals surface area (Å²) < 4.78 is 53.8. The molecule has 1 aromatic carbocycles. The number of piperazine rings is 1. The van der Waals surface area contributed by atoms with Gasteiger partial charge < -0.3 is 4.90 Å². The van der Waals surface area contributed by atoms with Crippen LogP contribution in [0.25, 0.3) is 0 Å².